The summed E-state index contributed by atoms with van der Waals surface area (Å²) in [4.78, 5) is 6.91. The molecule has 1 aromatic rings. The van der Waals surface area contributed by atoms with E-state index in [4.69, 9.17) is 4.99 Å². The van der Waals surface area contributed by atoms with Crippen molar-refractivity contribution in [2.75, 3.05) is 33.7 Å². The first kappa shape index (κ1) is 20.2. The van der Waals surface area contributed by atoms with Gasteiger partial charge in [-0.15, -0.1) is 24.0 Å². The maximum atomic E-state index is 4.70. The molecule has 0 amide bonds. The van der Waals surface area contributed by atoms with E-state index < -0.39 is 0 Å². The maximum Gasteiger partial charge on any atom is 0.191 e. The van der Waals surface area contributed by atoms with Crippen LogP contribution in [0.1, 0.15) is 31.9 Å². The second-order valence-electron chi connectivity index (χ2n) is 5.04. The Kier molecular flexibility index (Phi) is 11.3. The molecular formula is C16H29IN4. The van der Waals surface area contributed by atoms with Crippen LogP contribution in [0.25, 0.3) is 0 Å². The van der Waals surface area contributed by atoms with E-state index >= 15 is 0 Å². The zero-order valence-corrected chi connectivity index (χ0v) is 15.9. The van der Waals surface area contributed by atoms with Crippen molar-refractivity contribution in [2.24, 2.45) is 4.99 Å². The predicted molar refractivity (Wildman–Crippen MR) is 103 cm³/mol. The van der Waals surface area contributed by atoms with Gasteiger partial charge in [-0.2, -0.15) is 0 Å². The normalized spacial score (nSPS) is 12.7. The van der Waals surface area contributed by atoms with Gasteiger partial charge in [-0.1, -0.05) is 37.3 Å². The fourth-order valence-corrected chi connectivity index (χ4v) is 2.00. The Hall–Kier alpha value is -0.820. The van der Waals surface area contributed by atoms with E-state index in [1.54, 1.807) is 0 Å². The Bertz CT molecular complexity index is 393. The third kappa shape index (κ3) is 7.66. The molecule has 1 aromatic carbocycles. The Morgan fingerprint density at radius 3 is 2.33 bits per heavy atom. The average molecular weight is 404 g/mol. The number of likely N-dealkylation sites (N-methyl/N-ethyl adjacent to an activating group) is 1. The van der Waals surface area contributed by atoms with Crippen LogP contribution in [0, 0.1) is 0 Å². The molecule has 0 fully saturated rings. The summed E-state index contributed by atoms with van der Waals surface area (Å²) in [6.45, 7) is 6.82. The molecule has 0 saturated heterocycles. The number of aliphatic imine (C=N–C) groups is 1. The van der Waals surface area contributed by atoms with Crippen LogP contribution in [-0.2, 0) is 0 Å². The van der Waals surface area contributed by atoms with E-state index in [1.807, 2.05) is 6.07 Å². The van der Waals surface area contributed by atoms with Crippen molar-refractivity contribution in [2.45, 2.75) is 26.3 Å². The number of benzene rings is 1. The molecule has 5 heteroatoms. The first-order valence-electron chi connectivity index (χ1n) is 7.42. The molecule has 0 saturated carbocycles. The summed E-state index contributed by atoms with van der Waals surface area (Å²) in [5, 5.41) is 6.62. The topological polar surface area (TPSA) is 39.7 Å². The van der Waals surface area contributed by atoms with Crippen LogP contribution in [-0.4, -0.2) is 44.6 Å². The van der Waals surface area contributed by atoms with E-state index in [0.29, 0.717) is 6.04 Å². The maximum absolute atomic E-state index is 4.70. The molecule has 0 bridgehead atoms. The van der Waals surface area contributed by atoms with E-state index in [2.05, 4.69) is 67.7 Å². The van der Waals surface area contributed by atoms with Crippen LogP contribution in [0.3, 0.4) is 0 Å². The van der Waals surface area contributed by atoms with Crippen LogP contribution in [0.5, 0.6) is 0 Å². The second-order valence-corrected chi connectivity index (χ2v) is 5.04. The van der Waals surface area contributed by atoms with Crippen molar-refractivity contribution in [3.63, 3.8) is 0 Å². The third-order valence-electron chi connectivity index (χ3n) is 3.12. The lowest BCUT2D eigenvalue weighted by molar-refractivity contribution is 0.306. The SMILES string of the molecule is CCCNC(=NCC(c1ccccc1)N(C)C)NCC.I. The molecule has 0 aliphatic rings. The van der Waals surface area contributed by atoms with Crippen LogP contribution >= 0.6 is 24.0 Å². The minimum atomic E-state index is 0. The Balaban J connectivity index is 0.00000400. The zero-order valence-electron chi connectivity index (χ0n) is 13.6. The van der Waals surface area contributed by atoms with Gasteiger partial charge in [-0.3, -0.25) is 4.99 Å². The summed E-state index contributed by atoms with van der Waals surface area (Å²) in [5.74, 6) is 0.900. The molecule has 0 aliphatic carbocycles. The largest absolute Gasteiger partial charge is 0.357 e. The van der Waals surface area contributed by atoms with Gasteiger partial charge in [-0.05, 0) is 33.0 Å². The van der Waals surface area contributed by atoms with Gasteiger partial charge >= 0.3 is 0 Å². The highest BCUT2D eigenvalue weighted by molar-refractivity contribution is 14.0. The first-order valence-corrected chi connectivity index (χ1v) is 7.42. The number of nitrogens with one attached hydrogen (secondary N) is 2. The molecule has 0 aliphatic heterocycles. The van der Waals surface area contributed by atoms with Gasteiger partial charge in [-0.25, -0.2) is 0 Å². The summed E-state index contributed by atoms with van der Waals surface area (Å²) in [6, 6.07) is 10.8. The number of guanidine groups is 1. The summed E-state index contributed by atoms with van der Waals surface area (Å²) in [5.41, 5.74) is 1.30. The molecule has 4 nitrogen and oxygen atoms in total. The average Bonchev–Trinajstić information content (AvgIpc) is 2.45. The lowest BCUT2D eigenvalue weighted by Crippen LogP contribution is -2.38. The second kappa shape index (κ2) is 11.8. The summed E-state index contributed by atoms with van der Waals surface area (Å²) >= 11 is 0. The van der Waals surface area contributed by atoms with E-state index in [1.165, 1.54) is 5.56 Å². The third-order valence-corrected chi connectivity index (χ3v) is 3.12. The van der Waals surface area contributed by atoms with E-state index in [-0.39, 0.29) is 24.0 Å². The van der Waals surface area contributed by atoms with E-state index in [0.717, 1.165) is 32.0 Å². The molecule has 0 aromatic heterocycles. The van der Waals surface area contributed by atoms with Crippen molar-refractivity contribution < 1.29 is 0 Å². The Labute approximate surface area is 146 Å². The van der Waals surface area contributed by atoms with Crippen molar-refractivity contribution in [1.82, 2.24) is 15.5 Å². The quantitative estimate of drug-likeness (QED) is 0.417. The molecule has 21 heavy (non-hydrogen) atoms. The Morgan fingerprint density at radius 2 is 1.81 bits per heavy atom. The van der Waals surface area contributed by atoms with Crippen molar-refractivity contribution in [3.8, 4) is 0 Å². The standard InChI is InChI=1S/C16H28N4.HI/c1-5-12-18-16(17-6-2)19-13-15(20(3)4)14-10-8-7-9-11-14;/h7-11,15H,5-6,12-13H2,1-4H3,(H2,17,18,19);1H. The molecule has 0 radical (unpaired) electrons. The van der Waals surface area contributed by atoms with Crippen LogP contribution < -0.4 is 10.6 Å². The van der Waals surface area contributed by atoms with Gasteiger partial charge < -0.3 is 15.5 Å². The smallest absolute Gasteiger partial charge is 0.191 e. The van der Waals surface area contributed by atoms with Crippen LogP contribution in [0.15, 0.2) is 35.3 Å². The van der Waals surface area contributed by atoms with Crippen LogP contribution in [0.2, 0.25) is 0 Å². The number of rotatable bonds is 7. The van der Waals surface area contributed by atoms with Gasteiger partial charge in [0.2, 0.25) is 0 Å². The predicted octanol–water partition coefficient (Wildman–Crippen LogP) is 2.87. The first-order chi connectivity index (χ1) is 9.69. The Morgan fingerprint density at radius 1 is 1.14 bits per heavy atom. The highest BCUT2D eigenvalue weighted by Crippen LogP contribution is 2.17. The number of hydrogen-bond donors (Lipinski definition) is 2. The lowest BCUT2D eigenvalue weighted by atomic mass is 10.1. The summed E-state index contributed by atoms with van der Waals surface area (Å²) in [7, 11) is 4.19. The minimum Gasteiger partial charge on any atom is -0.357 e. The molecule has 0 heterocycles. The molecule has 2 N–H and O–H groups in total. The van der Waals surface area contributed by atoms with Crippen molar-refractivity contribution in [1.29, 1.82) is 0 Å². The molecule has 1 atom stereocenters. The minimum absolute atomic E-state index is 0. The zero-order chi connectivity index (χ0) is 14.8. The van der Waals surface area contributed by atoms with Gasteiger partial charge in [0, 0.05) is 13.1 Å². The van der Waals surface area contributed by atoms with Crippen molar-refractivity contribution in [3.05, 3.63) is 35.9 Å². The number of hydrogen-bond acceptors (Lipinski definition) is 2. The highest BCUT2D eigenvalue weighted by atomic mass is 127. The van der Waals surface area contributed by atoms with Crippen molar-refractivity contribution >= 4 is 29.9 Å². The number of nitrogens with zero attached hydrogens (tertiary/aromatic N) is 2. The summed E-state index contributed by atoms with van der Waals surface area (Å²) < 4.78 is 0. The fourth-order valence-electron chi connectivity index (χ4n) is 2.00. The molecule has 1 unspecified atom stereocenters. The lowest BCUT2D eigenvalue weighted by Gasteiger charge is -2.23. The fraction of sp³-hybridized carbons (Fsp3) is 0.562. The molecular weight excluding hydrogens is 375 g/mol. The van der Waals surface area contributed by atoms with E-state index in [9.17, 15) is 0 Å². The molecule has 120 valence electrons. The summed E-state index contributed by atoms with van der Waals surface area (Å²) in [6.07, 6.45) is 1.10. The molecule has 1 rings (SSSR count). The monoisotopic (exact) mass is 404 g/mol. The van der Waals surface area contributed by atoms with Crippen LogP contribution in [0.4, 0.5) is 0 Å². The molecule has 0 spiro atoms. The van der Waals surface area contributed by atoms with Gasteiger partial charge in [0.25, 0.3) is 0 Å². The van der Waals surface area contributed by atoms with Gasteiger partial charge in [0.1, 0.15) is 0 Å². The van der Waals surface area contributed by atoms with Gasteiger partial charge in [0.15, 0.2) is 5.96 Å². The number of halogens is 1. The van der Waals surface area contributed by atoms with Gasteiger partial charge in [0.05, 0.1) is 12.6 Å². The highest BCUT2D eigenvalue weighted by Gasteiger charge is 2.13.